The van der Waals surface area contributed by atoms with Crippen LogP contribution in [0.25, 0.3) is 0 Å². The summed E-state index contributed by atoms with van der Waals surface area (Å²) in [5.74, 6) is 0.557. The van der Waals surface area contributed by atoms with Gasteiger partial charge in [0.25, 0.3) is 0 Å². The van der Waals surface area contributed by atoms with Crippen LogP contribution in [0.2, 0.25) is 0 Å². The number of ether oxygens (including phenoxy) is 3. The molecule has 1 aliphatic heterocycles. The van der Waals surface area contributed by atoms with E-state index >= 15 is 0 Å². The quantitative estimate of drug-likeness (QED) is 0.0983. The van der Waals surface area contributed by atoms with Crippen molar-refractivity contribution in [3.05, 3.63) is 17.1 Å². The first-order valence-corrected chi connectivity index (χ1v) is 16.0. The van der Waals surface area contributed by atoms with E-state index in [0.717, 1.165) is 46.0 Å². The first-order valence-electron chi connectivity index (χ1n) is 15.1. The molecule has 1 aliphatic rings. The molecule has 0 aromatic carbocycles. The van der Waals surface area contributed by atoms with Gasteiger partial charge in [0.1, 0.15) is 6.54 Å². The van der Waals surface area contributed by atoms with Crippen LogP contribution in [0.5, 0.6) is 0 Å². The Balaban J connectivity index is 1.26. The maximum Gasteiger partial charge on any atom is 0.224 e. The lowest BCUT2D eigenvalue weighted by molar-refractivity contribution is -0.692. The summed E-state index contributed by atoms with van der Waals surface area (Å²) in [6, 6.07) is 0. The maximum atomic E-state index is 5.95. The van der Waals surface area contributed by atoms with E-state index < -0.39 is 0 Å². The second kappa shape index (κ2) is 22.7. The molecule has 2 atom stereocenters. The molecule has 35 heavy (non-hydrogen) atoms. The highest BCUT2D eigenvalue weighted by Gasteiger charge is 2.25. The molecule has 0 spiro atoms. The van der Waals surface area contributed by atoms with E-state index in [0.29, 0.717) is 5.92 Å². The molecule has 2 heterocycles. The first-order chi connectivity index (χ1) is 17.4. The fraction of sp³-hybridized carbons (Fsp3) is 0.900. The summed E-state index contributed by atoms with van der Waals surface area (Å²) in [7, 11) is 0. The SMILES string of the molecule is CCCCCCCCCCCCCCOC[C@@H]1CO[C@H](COCCCCCCC[n+]2ccsc2)C1. The second-order valence-electron chi connectivity index (χ2n) is 10.6. The van der Waals surface area contributed by atoms with Crippen LogP contribution in [0.4, 0.5) is 0 Å². The predicted molar refractivity (Wildman–Crippen MR) is 148 cm³/mol. The van der Waals surface area contributed by atoms with Crippen LogP contribution in [-0.4, -0.2) is 39.1 Å². The molecule has 0 saturated carbocycles. The molecular weight excluding hydrogens is 454 g/mol. The summed E-state index contributed by atoms with van der Waals surface area (Å²) < 4.78 is 20.0. The zero-order valence-corrected chi connectivity index (χ0v) is 23.8. The molecule has 1 aromatic rings. The molecule has 204 valence electrons. The lowest BCUT2D eigenvalue weighted by atomic mass is 10.1. The van der Waals surface area contributed by atoms with Gasteiger partial charge in [-0.15, -0.1) is 0 Å². The average molecular weight is 511 g/mol. The van der Waals surface area contributed by atoms with Gasteiger partial charge in [-0.3, -0.25) is 0 Å². The molecule has 4 nitrogen and oxygen atoms in total. The van der Waals surface area contributed by atoms with Crippen LogP contribution >= 0.6 is 11.3 Å². The highest BCUT2D eigenvalue weighted by Crippen LogP contribution is 2.20. The lowest BCUT2D eigenvalue weighted by Gasteiger charge is -2.11. The van der Waals surface area contributed by atoms with Gasteiger partial charge >= 0.3 is 0 Å². The van der Waals surface area contributed by atoms with Crippen molar-refractivity contribution in [2.24, 2.45) is 5.92 Å². The summed E-state index contributed by atoms with van der Waals surface area (Å²) in [5, 5.41) is 2.14. The third-order valence-electron chi connectivity index (χ3n) is 7.20. The molecule has 5 heteroatoms. The Hall–Kier alpha value is -0.490. The van der Waals surface area contributed by atoms with Crippen molar-refractivity contribution >= 4 is 11.3 Å². The molecule has 0 aliphatic carbocycles. The van der Waals surface area contributed by atoms with Crippen LogP contribution in [0.15, 0.2) is 17.1 Å². The highest BCUT2D eigenvalue weighted by atomic mass is 32.1. The van der Waals surface area contributed by atoms with Gasteiger partial charge < -0.3 is 14.2 Å². The molecule has 0 radical (unpaired) electrons. The minimum Gasteiger partial charge on any atom is -0.381 e. The van der Waals surface area contributed by atoms with Crippen molar-refractivity contribution in [1.29, 1.82) is 0 Å². The van der Waals surface area contributed by atoms with E-state index in [-0.39, 0.29) is 6.10 Å². The van der Waals surface area contributed by atoms with E-state index in [4.69, 9.17) is 14.2 Å². The molecule has 0 amide bonds. The van der Waals surface area contributed by atoms with Crippen LogP contribution in [0, 0.1) is 5.92 Å². The fourth-order valence-corrected chi connectivity index (χ4v) is 5.57. The third-order valence-corrected chi connectivity index (χ3v) is 7.87. The number of thiazole rings is 1. The van der Waals surface area contributed by atoms with Crippen molar-refractivity contribution in [3.8, 4) is 0 Å². The summed E-state index contributed by atoms with van der Waals surface area (Å²) in [4.78, 5) is 0. The van der Waals surface area contributed by atoms with E-state index in [9.17, 15) is 0 Å². The topological polar surface area (TPSA) is 31.6 Å². The maximum absolute atomic E-state index is 5.95. The van der Waals surface area contributed by atoms with Crippen molar-refractivity contribution in [2.45, 2.75) is 135 Å². The van der Waals surface area contributed by atoms with E-state index in [2.05, 4.69) is 28.6 Å². The monoisotopic (exact) mass is 510 g/mol. The van der Waals surface area contributed by atoms with Crippen LogP contribution in [0.1, 0.15) is 122 Å². The zero-order chi connectivity index (χ0) is 24.7. The van der Waals surface area contributed by atoms with Gasteiger partial charge in [0.05, 0.1) is 31.3 Å². The minimum atomic E-state index is 0.276. The van der Waals surface area contributed by atoms with E-state index in [1.165, 1.54) is 109 Å². The van der Waals surface area contributed by atoms with E-state index in [1.807, 2.05) is 0 Å². The Morgan fingerprint density at radius 3 is 1.91 bits per heavy atom. The molecule has 0 N–H and O–H groups in total. The summed E-state index contributed by atoms with van der Waals surface area (Å²) >= 11 is 1.77. The van der Waals surface area contributed by atoms with Crippen molar-refractivity contribution in [3.63, 3.8) is 0 Å². The Morgan fingerprint density at radius 1 is 0.743 bits per heavy atom. The Morgan fingerprint density at radius 2 is 1.31 bits per heavy atom. The van der Waals surface area contributed by atoms with Gasteiger partial charge in [0.2, 0.25) is 5.51 Å². The number of aryl methyl sites for hydroxylation is 1. The van der Waals surface area contributed by atoms with Gasteiger partial charge in [-0.05, 0) is 25.7 Å². The van der Waals surface area contributed by atoms with E-state index in [1.54, 1.807) is 11.3 Å². The molecule has 1 fully saturated rings. The number of nitrogens with zero attached hydrogens (tertiary/aromatic N) is 1. The number of unbranched alkanes of at least 4 members (excludes halogenated alkanes) is 15. The second-order valence-corrected chi connectivity index (χ2v) is 11.4. The van der Waals surface area contributed by atoms with Crippen molar-refractivity contribution in [1.82, 2.24) is 0 Å². The minimum absolute atomic E-state index is 0.276. The van der Waals surface area contributed by atoms with Gasteiger partial charge in [-0.1, -0.05) is 102 Å². The van der Waals surface area contributed by atoms with Crippen molar-refractivity contribution in [2.75, 3.05) is 33.0 Å². The molecule has 1 saturated heterocycles. The van der Waals surface area contributed by atoms with Gasteiger partial charge in [0.15, 0.2) is 6.20 Å². The number of aromatic nitrogens is 1. The standard InChI is InChI=1S/C30H56NO3S/c1-2-3-4-5-6-7-8-9-10-11-14-17-21-32-25-29-24-30(34-26-29)27-33-22-18-15-12-13-16-19-31-20-23-35-28-31/h20,23,28-30H,2-19,21-22,24-27H2,1H3/q+1/t29-,30+/m1/s1. The van der Waals surface area contributed by atoms with Gasteiger partial charge in [-0.2, -0.15) is 4.57 Å². The Kier molecular flexibility index (Phi) is 19.9. The summed E-state index contributed by atoms with van der Waals surface area (Å²) in [6.45, 7) is 7.69. The average Bonchev–Trinajstić information content (AvgIpc) is 3.55. The molecule has 2 rings (SSSR count). The molecular formula is C30H56NO3S+. The first kappa shape index (κ1) is 30.7. The molecule has 0 unspecified atom stereocenters. The largest absolute Gasteiger partial charge is 0.381 e. The summed E-state index contributed by atoms with van der Waals surface area (Å²) in [5.41, 5.74) is 2.19. The number of rotatable bonds is 25. The summed E-state index contributed by atoms with van der Waals surface area (Å²) in [6.07, 6.45) is 26.6. The fourth-order valence-electron chi connectivity index (χ4n) is 4.94. The van der Waals surface area contributed by atoms with Gasteiger partial charge in [-0.25, -0.2) is 0 Å². The zero-order valence-electron chi connectivity index (χ0n) is 22.9. The molecule has 1 aromatic heterocycles. The Labute approximate surface area is 221 Å². The van der Waals surface area contributed by atoms with Crippen LogP contribution in [-0.2, 0) is 20.8 Å². The van der Waals surface area contributed by atoms with Crippen molar-refractivity contribution < 1.29 is 18.8 Å². The molecule has 0 bridgehead atoms. The third kappa shape index (κ3) is 17.6. The predicted octanol–water partition coefficient (Wildman–Crippen LogP) is 8.13. The highest BCUT2D eigenvalue weighted by molar-refractivity contribution is 7.07. The number of hydrogen-bond donors (Lipinski definition) is 0. The van der Waals surface area contributed by atoms with Gasteiger partial charge in [0, 0.05) is 25.6 Å². The lowest BCUT2D eigenvalue weighted by Crippen LogP contribution is -2.29. The number of hydrogen-bond acceptors (Lipinski definition) is 4. The Bertz CT molecular complexity index is 554. The smallest absolute Gasteiger partial charge is 0.224 e. The van der Waals surface area contributed by atoms with Crippen LogP contribution in [0.3, 0.4) is 0 Å². The normalized spacial score (nSPS) is 18.0. The van der Waals surface area contributed by atoms with Crippen LogP contribution < -0.4 is 4.57 Å².